The first-order chi connectivity index (χ1) is 12.7. The van der Waals surface area contributed by atoms with Gasteiger partial charge in [-0.05, 0) is 30.5 Å². The molecule has 3 atom stereocenters. The maximum atomic E-state index is 13.1. The first-order valence-electron chi connectivity index (χ1n) is 9.19. The van der Waals surface area contributed by atoms with Gasteiger partial charge in [-0.25, -0.2) is 0 Å². The molecule has 0 aliphatic carbocycles. The lowest BCUT2D eigenvalue weighted by atomic mass is 9.99. The molecule has 0 bridgehead atoms. The summed E-state index contributed by atoms with van der Waals surface area (Å²) >= 11 is 0. The molecule has 1 aliphatic heterocycles. The molecule has 130 valence electrons. The molecule has 0 saturated carbocycles. The number of hydrogen-bond donors (Lipinski definition) is 0. The number of Topliss-reactive ketones (excluding diaryl/α,β-unsaturated/α-hetero) is 1. The van der Waals surface area contributed by atoms with Gasteiger partial charge in [0.2, 0.25) is 0 Å². The third kappa shape index (κ3) is 3.09. The number of nitrogens with zero attached hydrogens (tertiary/aromatic N) is 1. The highest BCUT2D eigenvalue weighted by atomic mass is 16.1. The zero-order valence-corrected chi connectivity index (χ0v) is 15.2. The second-order valence-electron chi connectivity index (χ2n) is 7.15. The molecule has 3 aromatic rings. The molecule has 0 aromatic heterocycles. The summed E-state index contributed by atoms with van der Waals surface area (Å²) in [7, 11) is 0. The van der Waals surface area contributed by atoms with E-state index < -0.39 is 0 Å². The standard InChI is InChI=1S/C24H23NO/c1-17(2)25-22(20-11-7-4-8-12-20)23(25)24(26)21-15-13-19(14-16-21)18-9-5-3-6-10-18/h3-17,22-23H,1-2H3/t22-,23-,25?/m0/s1. The first kappa shape index (κ1) is 16.7. The van der Waals surface area contributed by atoms with Gasteiger partial charge < -0.3 is 0 Å². The van der Waals surface area contributed by atoms with Crippen molar-refractivity contribution in [1.29, 1.82) is 0 Å². The van der Waals surface area contributed by atoms with Gasteiger partial charge in [0.05, 0.1) is 12.1 Å². The summed E-state index contributed by atoms with van der Waals surface area (Å²) < 4.78 is 0. The van der Waals surface area contributed by atoms with Crippen LogP contribution in [0.2, 0.25) is 0 Å². The van der Waals surface area contributed by atoms with Gasteiger partial charge >= 0.3 is 0 Å². The Hall–Kier alpha value is -2.71. The molecule has 0 radical (unpaired) electrons. The lowest BCUT2D eigenvalue weighted by Gasteiger charge is -2.08. The van der Waals surface area contributed by atoms with Gasteiger partial charge in [-0.3, -0.25) is 9.69 Å². The largest absolute Gasteiger partial charge is 0.292 e. The number of carbonyl (C=O) groups is 1. The van der Waals surface area contributed by atoms with Crippen LogP contribution in [0.4, 0.5) is 0 Å². The molecule has 0 N–H and O–H groups in total. The fraction of sp³-hybridized carbons (Fsp3) is 0.208. The summed E-state index contributed by atoms with van der Waals surface area (Å²) in [5.41, 5.74) is 4.32. The Labute approximate surface area is 155 Å². The van der Waals surface area contributed by atoms with E-state index >= 15 is 0 Å². The van der Waals surface area contributed by atoms with Gasteiger partial charge in [0.1, 0.15) is 0 Å². The second-order valence-corrected chi connectivity index (χ2v) is 7.15. The highest BCUT2D eigenvalue weighted by molar-refractivity contribution is 6.03. The zero-order chi connectivity index (χ0) is 18.1. The second kappa shape index (κ2) is 6.89. The van der Waals surface area contributed by atoms with Crippen LogP contribution in [-0.2, 0) is 0 Å². The van der Waals surface area contributed by atoms with Crippen molar-refractivity contribution < 1.29 is 4.79 Å². The molecule has 0 amide bonds. The quantitative estimate of drug-likeness (QED) is 0.459. The highest BCUT2D eigenvalue weighted by Crippen LogP contribution is 2.46. The lowest BCUT2D eigenvalue weighted by molar-refractivity contribution is 0.0969. The van der Waals surface area contributed by atoms with Gasteiger partial charge in [0.15, 0.2) is 5.78 Å². The summed E-state index contributed by atoms with van der Waals surface area (Å²) in [6.07, 6.45) is 0. The van der Waals surface area contributed by atoms with Gasteiger partial charge in [0, 0.05) is 11.6 Å². The summed E-state index contributed by atoms with van der Waals surface area (Å²) in [6, 6.07) is 29.1. The van der Waals surface area contributed by atoms with Crippen molar-refractivity contribution >= 4 is 5.78 Å². The number of ketones is 1. The van der Waals surface area contributed by atoms with Gasteiger partial charge in [0.25, 0.3) is 0 Å². The molecule has 1 aliphatic rings. The summed E-state index contributed by atoms with van der Waals surface area (Å²) in [6.45, 7) is 4.31. The van der Waals surface area contributed by atoms with Crippen molar-refractivity contribution in [3.05, 3.63) is 96.1 Å². The Bertz CT molecular complexity index is 885. The molecule has 1 unspecified atom stereocenters. The molecule has 2 nitrogen and oxygen atoms in total. The third-order valence-electron chi connectivity index (χ3n) is 5.13. The van der Waals surface area contributed by atoms with Crippen molar-refractivity contribution in [3.8, 4) is 11.1 Å². The normalized spacial score (nSPS) is 21.6. The highest BCUT2D eigenvalue weighted by Gasteiger charge is 2.54. The van der Waals surface area contributed by atoms with Crippen LogP contribution in [0.25, 0.3) is 11.1 Å². The predicted octanol–water partition coefficient (Wildman–Crippen LogP) is 5.37. The number of hydrogen-bond acceptors (Lipinski definition) is 2. The van der Waals surface area contributed by atoms with Crippen LogP contribution in [0.15, 0.2) is 84.9 Å². The van der Waals surface area contributed by atoms with Crippen molar-refractivity contribution in [1.82, 2.24) is 4.90 Å². The Morgan fingerprint density at radius 1 is 0.769 bits per heavy atom. The smallest absolute Gasteiger partial charge is 0.181 e. The van der Waals surface area contributed by atoms with Crippen LogP contribution in [0, 0.1) is 0 Å². The van der Waals surface area contributed by atoms with E-state index in [9.17, 15) is 4.79 Å². The molecule has 2 heteroatoms. The molecule has 1 fully saturated rings. The number of benzene rings is 3. The predicted molar refractivity (Wildman–Crippen MR) is 106 cm³/mol. The van der Waals surface area contributed by atoms with E-state index in [1.807, 2.05) is 60.7 Å². The summed E-state index contributed by atoms with van der Waals surface area (Å²) in [5, 5.41) is 0. The van der Waals surface area contributed by atoms with Crippen LogP contribution in [-0.4, -0.2) is 22.8 Å². The fourth-order valence-electron chi connectivity index (χ4n) is 3.80. The Morgan fingerprint density at radius 3 is 1.88 bits per heavy atom. The van der Waals surface area contributed by atoms with Gasteiger partial charge in [-0.2, -0.15) is 0 Å². The van der Waals surface area contributed by atoms with Gasteiger partial charge in [-0.15, -0.1) is 0 Å². The molecule has 0 spiro atoms. The Morgan fingerprint density at radius 2 is 1.31 bits per heavy atom. The third-order valence-corrected chi connectivity index (χ3v) is 5.13. The maximum Gasteiger partial charge on any atom is 0.181 e. The monoisotopic (exact) mass is 341 g/mol. The van der Waals surface area contributed by atoms with Crippen molar-refractivity contribution in [2.75, 3.05) is 0 Å². The Balaban J connectivity index is 1.57. The van der Waals surface area contributed by atoms with Crippen LogP contribution >= 0.6 is 0 Å². The van der Waals surface area contributed by atoms with E-state index in [0.29, 0.717) is 6.04 Å². The van der Waals surface area contributed by atoms with E-state index in [1.54, 1.807) is 0 Å². The van der Waals surface area contributed by atoms with Crippen LogP contribution in [0.1, 0.15) is 35.8 Å². The minimum Gasteiger partial charge on any atom is -0.292 e. The maximum absolute atomic E-state index is 13.1. The van der Waals surface area contributed by atoms with E-state index in [4.69, 9.17) is 0 Å². The van der Waals surface area contributed by atoms with Crippen molar-refractivity contribution in [3.63, 3.8) is 0 Å². The van der Waals surface area contributed by atoms with E-state index in [2.05, 4.69) is 43.0 Å². The number of rotatable bonds is 5. The molecular formula is C24H23NO. The number of carbonyl (C=O) groups excluding carboxylic acids is 1. The molecule has 26 heavy (non-hydrogen) atoms. The minimum absolute atomic E-state index is 0.0556. The molecular weight excluding hydrogens is 318 g/mol. The average molecular weight is 341 g/mol. The first-order valence-corrected chi connectivity index (χ1v) is 9.19. The SMILES string of the molecule is CC(C)N1[C@H](C(=O)c2ccc(-c3ccccc3)cc2)[C@@H]1c1ccccc1. The van der Waals surface area contributed by atoms with E-state index in [-0.39, 0.29) is 17.9 Å². The lowest BCUT2D eigenvalue weighted by Crippen LogP contribution is -2.18. The summed E-state index contributed by atoms with van der Waals surface area (Å²) in [5.74, 6) is 0.215. The van der Waals surface area contributed by atoms with E-state index in [1.165, 1.54) is 11.1 Å². The topological polar surface area (TPSA) is 20.1 Å². The van der Waals surface area contributed by atoms with Crippen LogP contribution < -0.4 is 0 Å². The van der Waals surface area contributed by atoms with Crippen molar-refractivity contribution in [2.45, 2.75) is 32.0 Å². The van der Waals surface area contributed by atoms with Crippen molar-refractivity contribution in [2.24, 2.45) is 0 Å². The van der Waals surface area contributed by atoms with Gasteiger partial charge in [-0.1, -0.05) is 84.9 Å². The fourth-order valence-corrected chi connectivity index (χ4v) is 3.80. The minimum atomic E-state index is -0.0556. The van der Waals surface area contributed by atoms with Crippen LogP contribution in [0.3, 0.4) is 0 Å². The van der Waals surface area contributed by atoms with E-state index in [0.717, 1.165) is 11.1 Å². The molecule has 1 saturated heterocycles. The van der Waals surface area contributed by atoms with Crippen LogP contribution in [0.5, 0.6) is 0 Å². The summed E-state index contributed by atoms with van der Waals surface area (Å²) in [4.78, 5) is 15.4. The zero-order valence-electron chi connectivity index (χ0n) is 15.2. The molecule has 1 heterocycles. The molecule has 4 rings (SSSR count). The average Bonchev–Trinajstić information content (AvgIpc) is 3.45. The Kier molecular flexibility index (Phi) is 4.44. The molecule has 3 aromatic carbocycles.